The minimum Gasteiger partial charge on any atom is -0.366 e. The van der Waals surface area contributed by atoms with E-state index >= 15 is 0 Å². The third-order valence-electron chi connectivity index (χ3n) is 4.07. The molecule has 3 N–H and O–H groups in total. The molecule has 0 spiro atoms. The summed E-state index contributed by atoms with van der Waals surface area (Å²) in [6.45, 7) is 2.55. The molecule has 2 rings (SSSR count). The minimum absolute atomic E-state index is 0.102. The van der Waals surface area contributed by atoms with E-state index in [0.29, 0.717) is 17.8 Å². The Morgan fingerprint density at radius 1 is 1.12 bits per heavy atom. The Hall–Kier alpha value is -2.31. The van der Waals surface area contributed by atoms with Crippen molar-refractivity contribution in [1.29, 1.82) is 0 Å². The number of amides is 2. The fraction of sp³-hybridized carbons (Fsp3) is 0.263. The summed E-state index contributed by atoms with van der Waals surface area (Å²) in [6, 6.07) is 14.6. The van der Waals surface area contributed by atoms with Crippen LogP contribution in [0, 0.1) is 0 Å². The number of primary amides is 1. The van der Waals surface area contributed by atoms with Gasteiger partial charge >= 0.3 is 0 Å². The lowest BCUT2D eigenvalue weighted by atomic mass is 10.1. The van der Waals surface area contributed by atoms with Crippen LogP contribution in [0.4, 0.5) is 5.69 Å². The molecule has 0 aromatic heterocycles. The number of hydrogen-bond donors (Lipinski definition) is 2. The van der Waals surface area contributed by atoms with E-state index in [9.17, 15) is 9.59 Å². The largest absolute Gasteiger partial charge is 0.366 e. The van der Waals surface area contributed by atoms with Crippen molar-refractivity contribution in [1.82, 2.24) is 4.90 Å². The Bertz CT molecular complexity index is 729. The molecule has 0 fully saturated rings. The van der Waals surface area contributed by atoms with Crippen molar-refractivity contribution < 1.29 is 9.59 Å². The first-order chi connectivity index (χ1) is 11.9. The smallest absolute Gasteiger partial charge is 0.248 e. The van der Waals surface area contributed by atoms with E-state index in [2.05, 4.69) is 29.6 Å². The molecule has 0 aliphatic carbocycles. The van der Waals surface area contributed by atoms with Crippen LogP contribution in [0.3, 0.4) is 0 Å². The van der Waals surface area contributed by atoms with Gasteiger partial charge in [-0.3, -0.25) is 14.5 Å². The fourth-order valence-corrected chi connectivity index (χ4v) is 2.73. The zero-order chi connectivity index (χ0) is 18.4. The lowest BCUT2D eigenvalue weighted by Crippen LogP contribution is -2.39. The number of rotatable bonds is 7. The van der Waals surface area contributed by atoms with Gasteiger partial charge in [0.25, 0.3) is 0 Å². The van der Waals surface area contributed by atoms with Crippen LogP contribution in [-0.4, -0.2) is 36.1 Å². The standard InChI is InChI=1S/C19H23N3O2S/c1-13(22(2)12-14-4-10-17(25-3)11-5-14)19(24)21-16-8-6-15(7-9-16)18(20)23/h4-11,13H,12H2,1-3H3,(H2,20,23)(H,21,24)/t13-/m0/s1. The quantitative estimate of drug-likeness (QED) is 0.747. The van der Waals surface area contributed by atoms with E-state index in [1.807, 2.05) is 25.1 Å². The maximum atomic E-state index is 12.4. The second kappa shape index (κ2) is 8.69. The van der Waals surface area contributed by atoms with Crippen molar-refractivity contribution in [3.8, 4) is 0 Å². The van der Waals surface area contributed by atoms with Crippen molar-refractivity contribution in [3.05, 3.63) is 59.7 Å². The normalized spacial score (nSPS) is 12.0. The van der Waals surface area contributed by atoms with Gasteiger partial charge in [0.05, 0.1) is 6.04 Å². The molecule has 0 bridgehead atoms. The molecule has 0 radical (unpaired) electrons. The number of nitrogens with two attached hydrogens (primary N) is 1. The molecule has 2 aromatic rings. The van der Waals surface area contributed by atoms with E-state index in [1.54, 1.807) is 36.0 Å². The van der Waals surface area contributed by atoms with Crippen LogP contribution in [0.25, 0.3) is 0 Å². The lowest BCUT2D eigenvalue weighted by molar-refractivity contribution is -0.120. The minimum atomic E-state index is -0.488. The highest BCUT2D eigenvalue weighted by Gasteiger charge is 2.18. The second-order valence-electron chi connectivity index (χ2n) is 5.87. The summed E-state index contributed by atoms with van der Waals surface area (Å²) in [5.41, 5.74) is 7.42. The van der Waals surface area contributed by atoms with Gasteiger partial charge in [0.2, 0.25) is 11.8 Å². The molecule has 0 heterocycles. The van der Waals surface area contributed by atoms with Crippen molar-refractivity contribution in [2.45, 2.75) is 24.4 Å². The van der Waals surface area contributed by atoms with Crippen LogP contribution in [0.1, 0.15) is 22.8 Å². The number of carbonyl (C=O) groups is 2. The Kier molecular flexibility index (Phi) is 6.61. The Labute approximate surface area is 152 Å². The van der Waals surface area contributed by atoms with Gasteiger partial charge in [-0.2, -0.15) is 0 Å². The molecule has 0 saturated carbocycles. The van der Waals surface area contributed by atoms with Crippen LogP contribution in [-0.2, 0) is 11.3 Å². The van der Waals surface area contributed by atoms with Gasteiger partial charge in [-0.25, -0.2) is 0 Å². The van der Waals surface area contributed by atoms with E-state index in [1.165, 1.54) is 4.90 Å². The maximum Gasteiger partial charge on any atom is 0.248 e. The van der Waals surface area contributed by atoms with Crippen LogP contribution >= 0.6 is 11.8 Å². The van der Waals surface area contributed by atoms with Crippen molar-refractivity contribution in [3.63, 3.8) is 0 Å². The average molecular weight is 357 g/mol. The summed E-state index contributed by atoms with van der Waals surface area (Å²) < 4.78 is 0. The molecule has 0 aliphatic heterocycles. The zero-order valence-electron chi connectivity index (χ0n) is 14.7. The molecular formula is C19H23N3O2S. The summed E-state index contributed by atoms with van der Waals surface area (Å²) in [6.07, 6.45) is 2.05. The summed E-state index contributed by atoms with van der Waals surface area (Å²) in [7, 11) is 1.92. The molecule has 5 nitrogen and oxygen atoms in total. The van der Waals surface area contributed by atoms with Gasteiger partial charge in [0, 0.05) is 22.7 Å². The number of nitrogens with one attached hydrogen (secondary N) is 1. The number of carbonyl (C=O) groups excluding carboxylic acids is 2. The van der Waals surface area contributed by atoms with Crippen LogP contribution in [0.2, 0.25) is 0 Å². The number of benzene rings is 2. The molecule has 2 amide bonds. The van der Waals surface area contributed by atoms with E-state index in [4.69, 9.17) is 5.73 Å². The first-order valence-electron chi connectivity index (χ1n) is 7.94. The number of thioether (sulfide) groups is 1. The summed E-state index contributed by atoms with van der Waals surface area (Å²) in [5, 5.41) is 2.86. The Morgan fingerprint density at radius 3 is 2.24 bits per heavy atom. The number of anilines is 1. The highest BCUT2D eigenvalue weighted by Crippen LogP contribution is 2.16. The van der Waals surface area contributed by atoms with E-state index in [-0.39, 0.29) is 11.9 Å². The van der Waals surface area contributed by atoms with Crippen molar-refractivity contribution in [2.24, 2.45) is 5.73 Å². The molecule has 6 heteroatoms. The van der Waals surface area contributed by atoms with Crippen molar-refractivity contribution in [2.75, 3.05) is 18.6 Å². The van der Waals surface area contributed by atoms with Gasteiger partial charge in [-0.15, -0.1) is 11.8 Å². The lowest BCUT2D eigenvalue weighted by Gasteiger charge is -2.24. The number of hydrogen-bond acceptors (Lipinski definition) is 4. The first-order valence-corrected chi connectivity index (χ1v) is 9.17. The predicted octanol–water partition coefficient (Wildman–Crippen LogP) is 2.97. The van der Waals surface area contributed by atoms with E-state index in [0.717, 1.165) is 5.56 Å². The molecule has 2 aromatic carbocycles. The Morgan fingerprint density at radius 2 is 1.72 bits per heavy atom. The maximum absolute atomic E-state index is 12.4. The summed E-state index contributed by atoms with van der Waals surface area (Å²) >= 11 is 1.70. The SMILES string of the molecule is CSc1ccc(CN(C)[C@@H](C)C(=O)Nc2ccc(C(N)=O)cc2)cc1. The molecule has 1 atom stereocenters. The number of nitrogens with zero attached hydrogens (tertiary/aromatic N) is 1. The molecular weight excluding hydrogens is 334 g/mol. The average Bonchev–Trinajstić information content (AvgIpc) is 2.62. The Balaban J connectivity index is 1.94. The molecule has 0 aliphatic rings. The van der Waals surface area contributed by atoms with Gasteiger partial charge in [-0.05, 0) is 62.2 Å². The predicted molar refractivity (Wildman–Crippen MR) is 103 cm³/mol. The zero-order valence-corrected chi connectivity index (χ0v) is 15.5. The van der Waals surface area contributed by atoms with Crippen molar-refractivity contribution >= 4 is 29.3 Å². The highest BCUT2D eigenvalue weighted by atomic mass is 32.2. The van der Waals surface area contributed by atoms with Gasteiger partial charge in [0.15, 0.2) is 0 Å². The van der Waals surface area contributed by atoms with Gasteiger partial charge in [-0.1, -0.05) is 12.1 Å². The topological polar surface area (TPSA) is 75.4 Å². The molecule has 0 unspecified atom stereocenters. The molecule has 132 valence electrons. The third-order valence-corrected chi connectivity index (χ3v) is 4.81. The van der Waals surface area contributed by atoms with Gasteiger partial charge < -0.3 is 11.1 Å². The van der Waals surface area contributed by atoms with Crippen LogP contribution < -0.4 is 11.1 Å². The molecule has 25 heavy (non-hydrogen) atoms. The first kappa shape index (κ1) is 19.0. The van der Waals surface area contributed by atoms with Gasteiger partial charge in [0.1, 0.15) is 0 Å². The fourth-order valence-electron chi connectivity index (χ4n) is 2.32. The number of likely N-dealkylation sites (N-methyl/N-ethyl adjacent to an activating group) is 1. The van der Waals surface area contributed by atoms with E-state index < -0.39 is 5.91 Å². The molecule has 0 saturated heterocycles. The summed E-state index contributed by atoms with van der Waals surface area (Å²) in [5.74, 6) is -0.589. The summed E-state index contributed by atoms with van der Waals surface area (Å²) in [4.78, 5) is 26.7. The third kappa shape index (κ3) is 5.34. The monoisotopic (exact) mass is 357 g/mol. The highest BCUT2D eigenvalue weighted by molar-refractivity contribution is 7.98. The van der Waals surface area contributed by atoms with Crippen LogP contribution in [0.5, 0.6) is 0 Å². The van der Waals surface area contributed by atoms with Crippen LogP contribution in [0.15, 0.2) is 53.4 Å². The second-order valence-corrected chi connectivity index (χ2v) is 6.75.